The standard InChI is InChI=1S/C9H14N2O3/c1-3-11-6-10-4-8(11)5-14-7(2)9(12)13/h4,6-7H,3,5H2,1-2H3,(H,12,13). The molecule has 14 heavy (non-hydrogen) atoms. The predicted octanol–water partition coefficient (Wildman–Crippen LogP) is 0.893. The lowest BCUT2D eigenvalue weighted by atomic mass is 10.4. The van der Waals surface area contributed by atoms with E-state index in [1.807, 2.05) is 11.5 Å². The van der Waals surface area contributed by atoms with Crippen LogP contribution < -0.4 is 0 Å². The Bertz CT molecular complexity index is 309. The first-order valence-corrected chi connectivity index (χ1v) is 4.48. The van der Waals surface area contributed by atoms with Gasteiger partial charge in [-0.05, 0) is 13.8 Å². The average Bonchev–Trinajstić information content (AvgIpc) is 2.60. The van der Waals surface area contributed by atoms with Crippen LogP contribution in [0.5, 0.6) is 0 Å². The van der Waals surface area contributed by atoms with Crippen LogP contribution in [0.25, 0.3) is 0 Å². The smallest absolute Gasteiger partial charge is 0.332 e. The van der Waals surface area contributed by atoms with Crippen LogP contribution in [0.2, 0.25) is 0 Å². The van der Waals surface area contributed by atoms with Gasteiger partial charge >= 0.3 is 5.97 Å². The van der Waals surface area contributed by atoms with Gasteiger partial charge in [0, 0.05) is 6.54 Å². The molecule has 0 spiro atoms. The maximum absolute atomic E-state index is 10.5. The lowest BCUT2D eigenvalue weighted by molar-refractivity contribution is -0.150. The number of rotatable bonds is 5. The van der Waals surface area contributed by atoms with E-state index >= 15 is 0 Å². The Morgan fingerprint density at radius 3 is 3.07 bits per heavy atom. The van der Waals surface area contributed by atoms with E-state index < -0.39 is 12.1 Å². The molecule has 78 valence electrons. The minimum atomic E-state index is -0.951. The SMILES string of the molecule is CCn1cncc1COC(C)C(=O)O. The molecule has 1 aromatic rings. The topological polar surface area (TPSA) is 64.4 Å². The van der Waals surface area contributed by atoms with E-state index in [0.29, 0.717) is 0 Å². The molecule has 1 atom stereocenters. The van der Waals surface area contributed by atoms with Gasteiger partial charge in [0.25, 0.3) is 0 Å². The van der Waals surface area contributed by atoms with Crippen molar-refractivity contribution in [1.29, 1.82) is 0 Å². The van der Waals surface area contributed by atoms with E-state index in [1.54, 1.807) is 12.5 Å². The third kappa shape index (κ3) is 2.56. The number of carboxylic acids is 1. The summed E-state index contributed by atoms with van der Waals surface area (Å²) in [5, 5.41) is 8.59. The number of imidazole rings is 1. The molecule has 0 bridgehead atoms. The molecule has 0 fully saturated rings. The summed E-state index contributed by atoms with van der Waals surface area (Å²) in [7, 11) is 0. The van der Waals surface area contributed by atoms with E-state index in [0.717, 1.165) is 12.2 Å². The minimum Gasteiger partial charge on any atom is -0.479 e. The Morgan fingerprint density at radius 2 is 2.50 bits per heavy atom. The number of nitrogens with zero attached hydrogens (tertiary/aromatic N) is 2. The van der Waals surface area contributed by atoms with Crippen LogP contribution >= 0.6 is 0 Å². The number of aromatic nitrogens is 2. The zero-order valence-electron chi connectivity index (χ0n) is 8.30. The zero-order chi connectivity index (χ0) is 10.6. The van der Waals surface area contributed by atoms with E-state index in [2.05, 4.69) is 4.98 Å². The Kier molecular flexibility index (Phi) is 3.64. The quantitative estimate of drug-likeness (QED) is 0.763. The largest absolute Gasteiger partial charge is 0.479 e. The third-order valence-corrected chi connectivity index (χ3v) is 1.97. The lowest BCUT2D eigenvalue weighted by Crippen LogP contribution is -2.20. The maximum atomic E-state index is 10.5. The molecule has 0 radical (unpaired) electrons. The van der Waals surface area contributed by atoms with E-state index in [9.17, 15) is 4.79 Å². The number of carbonyl (C=O) groups is 1. The summed E-state index contributed by atoms with van der Waals surface area (Å²) in [5.41, 5.74) is 0.889. The van der Waals surface area contributed by atoms with Crippen molar-refractivity contribution in [3.63, 3.8) is 0 Å². The van der Waals surface area contributed by atoms with Gasteiger partial charge in [0.15, 0.2) is 6.10 Å². The van der Waals surface area contributed by atoms with E-state index in [4.69, 9.17) is 9.84 Å². The Balaban J connectivity index is 2.49. The van der Waals surface area contributed by atoms with Gasteiger partial charge in [-0.15, -0.1) is 0 Å². The van der Waals surface area contributed by atoms with Crippen molar-refractivity contribution in [2.75, 3.05) is 0 Å². The van der Waals surface area contributed by atoms with Crippen LogP contribution in [-0.4, -0.2) is 26.7 Å². The molecule has 1 rings (SSSR count). The van der Waals surface area contributed by atoms with Crippen molar-refractivity contribution in [2.45, 2.75) is 33.1 Å². The number of carboxylic acid groups (broad SMARTS) is 1. The van der Waals surface area contributed by atoms with Crippen molar-refractivity contribution < 1.29 is 14.6 Å². The molecule has 0 aliphatic carbocycles. The summed E-state index contributed by atoms with van der Waals surface area (Å²) in [4.78, 5) is 14.4. The van der Waals surface area contributed by atoms with Gasteiger partial charge in [0.05, 0.1) is 24.8 Å². The molecule has 0 aliphatic rings. The molecule has 0 saturated carbocycles. The van der Waals surface area contributed by atoms with Crippen molar-refractivity contribution in [2.24, 2.45) is 0 Å². The number of aryl methyl sites for hydroxylation is 1. The summed E-state index contributed by atoms with van der Waals surface area (Å²) in [6.45, 7) is 4.59. The number of hydrogen-bond donors (Lipinski definition) is 1. The van der Waals surface area contributed by atoms with Gasteiger partial charge in [-0.25, -0.2) is 9.78 Å². The fourth-order valence-electron chi connectivity index (χ4n) is 1.03. The average molecular weight is 198 g/mol. The first-order chi connectivity index (χ1) is 6.65. The summed E-state index contributed by atoms with van der Waals surface area (Å²) < 4.78 is 7.04. The van der Waals surface area contributed by atoms with E-state index in [1.165, 1.54) is 6.92 Å². The molecular formula is C9H14N2O3. The fraction of sp³-hybridized carbons (Fsp3) is 0.556. The van der Waals surface area contributed by atoms with Crippen molar-refractivity contribution >= 4 is 5.97 Å². The van der Waals surface area contributed by atoms with Crippen LogP contribution in [0.15, 0.2) is 12.5 Å². The highest BCUT2D eigenvalue weighted by molar-refractivity contribution is 5.71. The molecule has 0 saturated heterocycles. The molecule has 0 aromatic carbocycles. The Hall–Kier alpha value is -1.36. The Morgan fingerprint density at radius 1 is 1.79 bits per heavy atom. The summed E-state index contributed by atoms with van der Waals surface area (Å²) in [6, 6.07) is 0. The lowest BCUT2D eigenvalue weighted by Gasteiger charge is -2.09. The molecule has 5 heteroatoms. The Labute approximate surface area is 82.3 Å². The van der Waals surface area contributed by atoms with Crippen LogP contribution in [0.4, 0.5) is 0 Å². The third-order valence-electron chi connectivity index (χ3n) is 1.97. The normalized spacial score (nSPS) is 12.7. The predicted molar refractivity (Wildman–Crippen MR) is 49.8 cm³/mol. The highest BCUT2D eigenvalue weighted by atomic mass is 16.5. The summed E-state index contributed by atoms with van der Waals surface area (Å²) >= 11 is 0. The van der Waals surface area contributed by atoms with E-state index in [-0.39, 0.29) is 6.61 Å². The number of aliphatic carboxylic acids is 1. The molecule has 1 aromatic heterocycles. The van der Waals surface area contributed by atoms with Gasteiger partial charge in [-0.1, -0.05) is 0 Å². The van der Waals surface area contributed by atoms with Crippen LogP contribution in [0, 0.1) is 0 Å². The van der Waals surface area contributed by atoms with Crippen LogP contribution in [0.3, 0.4) is 0 Å². The molecular weight excluding hydrogens is 184 g/mol. The van der Waals surface area contributed by atoms with Gasteiger partial charge < -0.3 is 14.4 Å². The van der Waals surface area contributed by atoms with Gasteiger partial charge in [-0.2, -0.15) is 0 Å². The fourth-order valence-corrected chi connectivity index (χ4v) is 1.03. The summed E-state index contributed by atoms with van der Waals surface area (Å²) in [5.74, 6) is -0.951. The van der Waals surface area contributed by atoms with Crippen molar-refractivity contribution in [3.05, 3.63) is 18.2 Å². The second-order valence-electron chi connectivity index (χ2n) is 2.96. The monoisotopic (exact) mass is 198 g/mol. The second-order valence-corrected chi connectivity index (χ2v) is 2.96. The molecule has 1 unspecified atom stereocenters. The van der Waals surface area contributed by atoms with Gasteiger partial charge in [0.2, 0.25) is 0 Å². The van der Waals surface area contributed by atoms with Crippen molar-refractivity contribution in [1.82, 2.24) is 9.55 Å². The highest BCUT2D eigenvalue weighted by Crippen LogP contribution is 2.03. The number of ether oxygens (including phenoxy) is 1. The van der Waals surface area contributed by atoms with Crippen molar-refractivity contribution in [3.8, 4) is 0 Å². The van der Waals surface area contributed by atoms with Gasteiger partial charge in [-0.3, -0.25) is 0 Å². The zero-order valence-corrected chi connectivity index (χ0v) is 8.30. The second kappa shape index (κ2) is 4.76. The molecule has 0 aliphatic heterocycles. The van der Waals surface area contributed by atoms with Gasteiger partial charge in [0.1, 0.15) is 0 Å². The maximum Gasteiger partial charge on any atom is 0.332 e. The number of hydrogen-bond acceptors (Lipinski definition) is 3. The minimum absolute atomic E-state index is 0.279. The molecule has 1 N–H and O–H groups in total. The first kappa shape index (κ1) is 10.7. The van der Waals surface area contributed by atoms with Crippen LogP contribution in [-0.2, 0) is 22.7 Å². The highest BCUT2D eigenvalue weighted by Gasteiger charge is 2.11. The molecule has 0 amide bonds. The summed E-state index contributed by atoms with van der Waals surface area (Å²) in [6.07, 6.45) is 2.59. The molecule has 1 heterocycles. The molecule has 5 nitrogen and oxygen atoms in total. The van der Waals surface area contributed by atoms with Crippen LogP contribution in [0.1, 0.15) is 19.5 Å². The first-order valence-electron chi connectivity index (χ1n) is 4.48.